The van der Waals surface area contributed by atoms with Crippen LogP contribution in [0.25, 0.3) is 0 Å². The highest BCUT2D eigenvalue weighted by Crippen LogP contribution is 2.30. The predicted molar refractivity (Wildman–Crippen MR) is 89.9 cm³/mol. The molecule has 0 bridgehead atoms. The second kappa shape index (κ2) is 6.63. The summed E-state index contributed by atoms with van der Waals surface area (Å²) in [5.74, 6) is 0.445. The number of sulfonamides is 1. The van der Waals surface area contributed by atoms with E-state index in [9.17, 15) is 8.42 Å². The molecule has 1 atom stereocenters. The van der Waals surface area contributed by atoms with Gasteiger partial charge in [-0.3, -0.25) is 0 Å². The number of aryl methyl sites for hydroxylation is 1. The predicted octanol–water partition coefficient (Wildman–Crippen LogP) is 4.08. The van der Waals surface area contributed by atoms with Crippen molar-refractivity contribution in [2.45, 2.75) is 44.6 Å². The van der Waals surface area contributed by atoms with Crippen LogP contribution in [0.5, 0.6) is 0 Å². The maximum absolute atomic E-state index is 12.9. The number of benzene rings is 1. The van der Waals surface area contributed by atoms with Crippen LogP contribution >= 0.6 is 15.9 Å². The van der Waals surface area contributed by atoms with Crippen LogP contribution < -0.4 is 0 Å². The maximum Gasteiger partial charge on any atom is 0.243 e. The molecule has 0 amide bonds. The molecule has 1 aromatic rings. The summed E-state index contributed by atoms with van der Waals surface area (Å²) in [4.78, 5) is 0.383. The lowest BCUT2D eigenvalue weighted by Gasteiger charge is -2.33. The van der Waals surface area contributed by atoms with Crippen molar-refractivity contribution in [3.8, 4) is 0 Å². The van der Waals surface area contributed by atoms with Crippen LogP contribution in [-0.2, 0) is 10.0 Å². The molecule has 1 aliphatic heterocycles. The van der Waals surface area contributed by atoms with Gasteiger partial charge in [0.25, 0.3) is 0 Å². The topological polar surface area (TPSA) is 37.4 Å². The summed E-state index contributed by atoms with van der Waals surface area (Å²) in [7, 11) is -3.43. The van der Waals surface area contributed by atoms with Crippen LogP contribution in [-0.4, -0.2) is 25.3 Å². The third-order valence-corrected chi connectivity index (χ3v) is 6.25. The van der Waals surface area contributed by atoms with Crippen LogP contribution in [0.3, 0.4) is 0 Å². The highest BCUT2D eigenvalue weighted by molar-refractivity contribution is 9.11. The molecule has 0 saturated heterocycles. The molecular formula is C16H22BrNO2S. The van der Waals surface area contributed by atoms with E-state index in [4.69, 9.17) is 0 Å². The van der Waals surface area contributed by atoms with Gasteiger partial charge in [-0.25, -0.2) is 8.42 Å². The van der Waals surface area contributed by atoms with Gasteiger partial charge in [0, 0.05) is 12.6 Å². The van der Waals surface area contributed by atoms with Crippen molar-refractivity contribution in [3.63, 3.8) is 0 Å². The Kier molecular flexibility index (Phi) is 5.28. The van der Waals surface area contributed by atoms with Gasteiger partial charge in [-0.05, 0) is 42.3 Å². The lowest BCUT2D eigenvalue weighted by atomic mass is 10.0. The fourth-order valence-corrected chi connectivity index (χ4v) is 4.64. The zero-order valence-electron chi connectivity index (χ0n) is 12.7. The number of nitrogens with zero attached hydrogens (tertiary/aromatic N) is 1. The summed E-state index contributed by atoms with van der Waals surface area (Å²) < 4.78 is 28.5. The van der Waals surface area contributed by atoms with Crippen LogP contribution in [0.1, 0.15) is 32.3 Å². The summed E-state index contributed by atoms with van der Waals surface area (Å²) in [6, 6.07) is 7.02. The summed E-state index contributed by atoms with van der Waals surface area (Å²) in [6.45, 7) is 6.73. The minimum absolute atomic E-state index is 0.0700. The second-order valence-corrected chi connectivity index (χ2v) is 8.90. The molecule has 116 valence electrons. The molecule has 0 aliphatic carbocycles. The molecule has 1 aliphatic rings. The largest absolute Gasteiger partial charge is 0.243 e. The molecule has 21 heavy (non-hydrogen) atoms. The van der Waals surface area contributed by atoms with Crippen LogP contribution in [0.2, 0.25) is 0 Å². The molecule has 5 heteroatoms. The van der Waals surface area contributed by atoms with Crippen LogP contribution in [0.15, 0.2) is 39.7 Å². The van der Waals surface area contributed by atoms with E-state index in [-0.39, 0.29) is 6.04 Å². The molecular weight excluding hydrogens is 350 g/mol. The number of hydrogen-bond donors (Lipinski definition) is 0. The highest BCUT2D eigenvalue weighted by atomic mass is 79.9. The van der Waals surface area contributed by atoms with E-state index in [0.29, 0.717) is 17.4 Å². The Balaban J connectivity index is 2.35. The number of hydrogen-bond acceptors (Lipinski definition) is 2. The SMILES string of the molecule is Cc1ccc(S(=O)(=O)N2CCC(Br)=C[C@H]2CC(C)C)cc1. The van der Waals surface area contributed by atoms with Crippen molar-refractivity contribution in [2.24, 2.45) is 5.92 Å². The molecule has 1 heterocycles. The number of halogens is 1. The van der Waals surface area contributed by atoms with Gasteiger partial charge in [-0.2, -0.15) is 4.31 Å². The monoisotopic (exact) mass is 371 g/mol. The minimum atomic E-state index is -3.43. The van der Waals surface area contributed by atoms with Gasteiger partial charge in [-0.15, -0.1) is 0 Å². The fraction of sp³-hybridized carbons (Fsp3) is 0.500. The van der Waals surface area contributed by atoms with Crippen molar-refractivity contribution < 1.29 is 8.42 Å². The standard InChI is InChI=1S/C16H22BrNO2S/c1-12(2)10-15-11-14(17)8-9-18(15)21(19,20)16-6-4-13(3)5-7-16/h4-7,11-12,15H,8-10H2,1-3H3/t15-/m1/s1. The van der Waals surface area contributed by atoms with Gasteiger partial charge < -0.3 is 0 Å². The Labute approximate surface area is 136 Å². The van der Waals surface area contributed by atoms with Crippen molar-refractivity contribution in [1.29, 1.82) is 0 Å². The molecule has 2 rings (SSSR count). The van der Waals surface area contributed by atoms with Crippen molar-refractivity contribution in [3.05, 3.63) is 40.4 Å². The van der Waals surface area contributed by atoms with Gasteiger partial charge >= 0.3 is 0 Å². The maximum atomic E-state index is 12.9. The molecule has 0 aromatic heterocycles. The minimum Gasteiger partial charge on any atom is -0.207 e. The van der Waals surface area contributed by atoms with Gasteiger partial charge in [0.05, 0.1) is 4.90 Å². The molecule has 3 nitrogen and oxygen atoms in total. The van der Waals surface area contributed by atoms with Crippen LogP contribution in [0, 0.1) is 12.8 Å². The van der Waals surface area contributed by atoms with E-state index in [1.807, 2.05) is 25.1 Å². The smallest absolute Gasteiger partial charge is 0.207 e. The van der Waals surface area contributed by atoms with E-state index < -0.39 is 10.0 Å². The molecule has 0 saturated carbocycles. The zero-order chi connectivity index (χ0) is 15.6. The molecule has 0 radical (unpaired) electrons. The summed E-state index contributed by atoms with van der Waals surface area (Å²) in [6.07, 6.45) is 3.61. The van der Waals surface area contributed by atoms with Crippen molar-refractivity contribution in [1.82, 2.24) is 4.31 Å². The van der Waals surface area contributed by atoms with Gasteiger partial charge in [0.2, 0.25) is 10.0 Å². The zero-order valence-corrected chi connectivity index (χ0v) is 15.1. The third-order valence-electron chi connectivity index (χ3n) is 3.65. The third kappa shape index (κ3) is 3.96. The summed E-state index contributed by atoms with van der Waals surface area (Å²) in [5, 5.41) is 0. The Morgan fingerprint density at radius 3 is 2.48 bits per heavy atom. The first-order chi connectivity index (χ1) is 9.80. The number of rotatable bonds is 4. The van der Waals surface area contributed by atoms with Gasteiger partial charge in [0.15, 0.2) is 0 Å². The normalized spacial score (nSPS) is 20.6. The lowest BCUT2D eigenvalue weighted by Crippen LogP contribution is -2.42. The molecule has 0 fully saturated rings. The molecule has 0 N–H and O–H groups in total. The Morgan fingerprint density at radius 2 is 1.90 bits per heavy atom. The van der Waals surface area contributed by atoms with E-state index in [2.05, 4.69) is 29.8 Å². The Hall–Kier alpha value is -0.650. The van der Waals surface area contributed by atoms with E-state index >= 15 is 0 Å². The van der Waals surface area contributed by atoms with E-state index in [0.717, 1.165) is 22.9 Å². The lowest BCUT2D eigenvalue weighted by molar-refractivity contribution is 0.314. The first-order valence-corrected chi connectivity index (χ1v) is 9.48. The Bertz CT molecular complexity index is 620. The Morgan fingerprint density at radius 1 is 1.29 bits per heavy atom. The average molecular weight is 372 g/mol. The molecule has 1 aromatic carbocycles. The van der Waals surface area contributed by atoms with Crippen LogP contribution in [0.4, 0.5) is 0 Å². The molecule has 0 spiro atoms. The van der Waals surface area contributed by atoms with Gasteiger partial charge in [-0.1, -0.05) is 53.5 Å². The first-order valence-electron chi connectivity index (χ1n) is 7.25. The molecule has 0 unspecified atom stereocenters. The van der Waals surface area contributed by atoms with Gasteiger partial charge in [0.1, 0.15) is 0 Å². The van der Waals surface area contributed by atoms with Crippen molar-refractivity contribution in [2.75, 3.05) is 6.54 Å². The summed E-state index contributed by atoms with van der Waals surface area (Å²) in [5.41, 5.74) is 1.06. The second-order valence-electron chi connectivity index (χ2n) is 5.99. The first kappa shape index (κ1) is 16.7. The average Bonchev–Trinajstić information content (AvgIpc) is 2.38. The van der Waals surface area contributed by atoms with E-state index in [1.54, 1.807) is 16.4 Å². The quantitative estimate of drug-likeness (QED) is 0.799. The highest BCUT2D eigenvalue weighted by Gasteiger charge is 2.33. The fourth-order valence-electron chi connectivity index (χ4n) is 2.57. The van der Waals surface area contributed by atoms with E-state index in [1.165, 1.54) is 0 Å². The van der Waals surface area contributed by atoms with Crippen molar-refractivity contribution >= 4 is 26.0 Å². The summed E-state index contributed by atoms with van der Waals surface area (Å²) >= 11 is 3.52.